The molecule has 4 rings (SSSR count). The summed E-state index contributed by atoms with van der Waals surface area (Å²) in [5.41, 5.74) is 1.15. The van der Waals surface area contributed by atoms with E-state index in [1.165, 1.54) is 0 Å². The smallest absolute Gasteiger partial charge is 0.217 e. The highest BCUT2D eigenvalue weighted by molar-refractivity contribution is 7.90. The van der Waals surface area contributed by atoms with E-state index in [-0.39, 0.29) is 5.25 Å². The Kier molecular flexibility index (Phi) is 4.70. The maximum absolute atomic E-state index is 12.3. The Labute approximate surface area is 156 Å². The first-order chi connectivity index (χ1) is 12.0. The standard InChI is InChI=1S/C16H19ClN4O2S2/c17-13-3-1-12(2-4-13)11-15-18-19-16(24-15)20-7-9-21(10-8-20)25(22,23)14-5-6-14/h1-4,14H,5-11H2. The number of sulfonamides is 1. The van der Waals surface area contributed by atoms with Gasteiger partial charge in [0.25, 0.3) is 0 Å². The van der Waals surface area contributed by atoms with Crippen LogP contribution in [0.5, 0.6) is 0 Å². The molecule has 0 amide bonds. The molecule has 2 aliphatic rings. The highest BCUT2D eigenvalue weighted by atomic mass is 35.5. The highest BCUT2D eigenvalue weighted by Crippen LogP contribution is 2.32. The van der Waals surface area contributed by atoms with Gasteiger partial charge < -0.3 is 4.90 Å². The Morgan fingerprint density at radius 3 is 2.40 bits per heavy atom. The van der Waals surface area contributed by atoms with Gasteiger partial charge >= 0.3 is 0 Å². The molecule has 1 aliphatic heterocycles. The second-order valence-electron chi connectivity index (χ2n) is 6.41. The van der Waals surface area contributed by atoms with E-state index in [4.69, 9.17) is 11.6 Å². The van der Waals surface area contributed by atoms with Crippen molar-refractivity contribution in [1.29, 1.82) is 0 Å². The molecule has 0 spiro atoms. The summed E-state index contributed by atoms with van der Waals surface area (Å²) in [4.78, 5) is 2.13. The maximum Gasteiger partial charge on any atom is 0.217 e. The zero-order chi connectivity index (χ0) is 17.4. The van der Waals surface area contributed by atoms with Gasteiger partial charge in [0.05, 0.1) is 5.25 Å². The lowest BCUT2D eigenvalue weighted by Gasteiger charge is -2.33. The van der Waals surface area contributed by atoms with Crippen LogP contribution in [0.25, 0.3) is 0 Å². The first-order valence-electron chi connectivity index (χ1n) is 8.33. The maximum atomic E-state index is 12.3. The van der Waals surface area contributed by atoms with Crippen molar-refractivity contribution < 1.29 is 8.42 Å². The Morgan fingerprint density at radius 2 is 1.76 bits per heavy atom. The van der Waals surface area contributed by atoms with Gasteiger partial charge in [0.15, 0.2) is 0 Å². The van der Waals surface area contributed by atoms with Crippen LogP contribution in [0.15, 0.2) is 24.3 Å². The van der Waals surface area contributed by atoms with Crippen molar-refractivity contribution in [2.75, 3.05) is 31.1 Å². The van der Waals surface area contributed by atoms with Crippen molar-refractivity contribution in [3.05, 3.63) is 39.9 Å². The van der Waals surface area contributed by atoms with Crippen molar-refractivity contribution in [2.24, 2.45) is 0 Å². The normalized spacial score (nSPS) is 19.3. The minimum Gasteiger partial charge on any atom is -0.344 e. The largest absolute Gasteiger partial charge is 0.344 e. The molecule has 134 valence electrons. The molecule has 2 fully saturated rings. The summed E-state index contributed by atoms with van der Waals surface area (Å²) in [5.74, 6) is 0. The van der Waals surface area contributed by atoms with Gasteiger partial charge in [-0.1, -0.05) is 35.1 Å². The van der Waals surface area contributed by atoms with Crippen LogP contribution in [0.1, 0.15) is 23.4 Å². The average molecular weight is 399 g/mol. The highest BCUT2D eigenvalue weighted by Gasteiger charge is 2.41. The molecule has 1 aliphatic carbocycles. The van der Waals surface area contributed by atoms with Crippen LogP contribution < -0.4 is 4.90 Å². The van der Waals surface area contributed by atoms with E-state index >= 15 is 0 Å². The predicted molar refractivity (Wildman–Crippen MR) is 99.9 cm³/mol. The van der Waals surface area contributed by atoms with E-state index < -0.39 is 10.0 Å². The Balaban J connectivity index is 1.37. The van der Waals surface area contributed by atoms with Gasteiger partial charge in [-0.05, 0) is 30.5 Å². The van der Waals surface area contributed by atoms with Gasteiger partial charge in [0.1, 0.15) is 5.01 Å². The molecular weight excluding hydrogens is 380 g/mol. The third-order valence-corrected chi connectivity index (χ3v) is 8.17. The van der Waals surface area contributed by atoms with Gasteiger partial charge in [-0.25, -0.2) is 8.42 Å². The molecule has 2 heterocycles. The fourth-order valence-electron chi connectivity index (χ4n) is 2.93. The van der Waals surface area contributed by atoms with E-state index in [2.05, 4.69) is 15.1 Å². The van der Waals surface area contributed by atoms with Crippen molar-refractivity contribution in [1.82, 2.24) is 14.5 Å². The zero-order valence-corrected chi connectivity index (χ0v) is 16.0. The summed E-state index contributed by atoms with van der Waals surface area (Å²) in [6.45, 7) is 2.40. The van der Waals surface area contributed by atoms with E-state index in [9.17, 15) is 8.42 Å². The Hall–Kier alpha value is -1.22. The number of benzene rings is 1. The van der Waals surface area contributed by atoms with Crippen LogP contribution >= 0.6 is 22.9 Å². The molecule has 1 aromatic carbocycles. The quantitative estimate of drug-likeness (QED) is 0.773. The number of aromatic nitrogens is 2. The first kappa shape index (κ1) is 17.2. The van der Waals surface area contributed by atoms with Crippen molar-refractivity contribution in [3.63, 3.8) is 0 Å². The molecule has 0 unspecified atom stereocenters. The van der Waals surface area contributed by atoms with E-state index in [1.807, 2.05) is 24.3 Å². The van der Waals surface area contributed by atoms with E-state index in [0.29, 0.717) is 26.2 Å². The topological polar surface area (TPSA) is 66.4 Å². The Morgan fingerprint density at radius 1 is 1.08 bits per heavy atom. The molecular formula is C16H19ClN4O2S2. The van der Waals surface area contributed by atoms with Crippen LogP contribution in [0, 0.1) is 0 Å². The summed E-state index contributed by atoms with van der Waals surface area (Å²) >= 11 is 7.48. The van der Waals surface area contributed by atoms with Crippen molar-refractivity contribution in [2.45, 2.75) is 24.5 Å². The van der Waals surface area contributed by atoms with Crippen molar-refractivity contribution in [3.8, 4) is 0 Å². The first-order valence-corrected chi connectivity index (χ1v) is 11.0. The molecule has 0 N–H and O–H groups in total. The lowest BCUT2D eigenvalue weighted by Crippen LogP contribution is -2.49. The second kappa shape index (κ2) is 6.83. The summed E-state index contributed by atoms with van der Waals surface area (Å²) < 4.78 is 26.2. The number of anilines is 1. The second-order valence-corrected chi connectivity index (χ2v) is 10.1. The van der Waals surface area contributed by atoms with Crippen LogP contribution in [0.2, 0.25) is 5.02 Å². The summed E-state index contributed by atoms with van der Waals surface area (Å²) in [7, 11) is -3.07. The molecule has 1 aromatic heterocycles. The van der Waals surface area contributed by atoms with Crippen molar-refractivity contribution >= 4 is 38.1 Å². The third-order valence-electron chi connectivity index (χ3n) is 4.54. The lowest BCUT2D eigenvalue weighted by atomic mass is 10.2. The van der Waals surface area contributed by atoms with Crippen LogP contribution in [-0.4, -0.2) is 54.3 Å². The molecule has 1 saturated carbocycles. The lowest BCUT2D eigenvalue weighted by molar-refractivity contribution is 0.384. The monoisotopic (exact) mass is 398 g/mol. The number of rotatable bonds is 5. The van der Waals surface area contributed by atoms with Crippen LogP contribution in [0.4, 0.5) is 5.13 Å². The molecule has 0 atom stereocenters. The van der Waals surface area contributed by atoms with Gasteiger partial charge in [-0.15, -0.1) is 10.2 Å². The molecule has 6 nitrogen and oxygen atoms in total. The van der Waals surface area contributed by atoms with E-state index in [1.54, 1.807) is 15.6 Å². The minimum absolute atomic E-state index is 0.133. The molecule has 2 aromatic rings. The molecule has 0 bridgehead atoms. The molecule has 1 saturated heterocycles. The number of piperazine rings is 1. The van der Waals surface area contributed by atoms with Gasteiger partial charge in [-0.3, -0.25) is 0 Å². The minimum atomic E-state index is -3.07. The fourth-order valence-corrected chi connectivity index (χ4v) is 5.81. The average Bonchev–Trinajstić information content (AvgIpc) is 3.38. The number of halogens is 1. The zero-order valence-electron chi connectivity index (χ0n) is 13.6. The van der Waals surface area contributed by atoms with E-state index in [0.717, 1.165) is 40.0 Å². The molecule has 0 radical (unpaired) electrons. The summed E-state index contributed by atoms with van der Waals surface area (Å²) in [6, 6.07) is 7.73. The van der Waals surface area contributed by atoms with Gasteiger partial charge in [-0.2, -0.15) is 4.31 Å². The number of hydrogen-bond donors (Lipinski definition) is 0. The van der Waals surface area contributed by atoms with Crippen LogP contribution in [-0.2, 0) is 16.4 Å². The summed E-state index contributed by atoms with van der Waals surface area (Å²) in [6.07, 6.45) is 2.35. The SMILES string of the molecule is O=S(=O)(C1CC1)N1CCN(c2nnc(Cc3ccc(Cl)cc3)s2)CC1. The predicted octanol–water partition coefficient (Wildman–Crippen LogP) is 2.40. The van der Waals surface area contributed by atoms with Crippen LogP contribution in [0.3, 0.4) is 0 Å². The fraction of sp³-hybridized carbons (Fsp3) is 0.500. The third kappa shape index (κ3) is 3.81. The Bertz CT molecular complexity index is 841. The number of nitrogens with zero attached hydrogens (tertiary/aromatic N) is 4. The number of hydrogen-bond acceptors (Lipinski definition) is 6. The van der Waals surface area contributed by atoms with Gasteiger partial charge in [0, 0.05) is 37.6 Å². The molecule has 25 heavy (non-hydrogen) atoms. The summed E-state index contributed by atoms with van der Waals surface area (Å²) in [5, 5.41) is 11.0. The molecule has 9 heteroatoms. The van der Waals surface area contributed by atoms with Gasteiger partial charge in [0.2, 0.25) is 15.2 Å².